The van der Waals surface area contributed by atoms with Gasteiger partial charge in [0.15, 0.2) is 0 Å². The topological polar surface area (TPSA) is 101 Å². The Kier molecular flexibility index (Phi) is 4.04. The van der Waals surface area contributed by atoms with E-state index in [2.05, 4.69) is 20.7 Å². The molecule has 0 aromatic carbocycles. The van der Waals surface area contributed by atoms with Gasteiger partial charge >= 0.3 is 0 Å². The Bertz CT molecular complexity index is 334. The zero-order valence-corrected chi connectivity index (χ0v) is 8.88. The van der Waals surface area contributed by atoms with Crippen LogP contribution in [0.2, 0.25) is 0 Å². The van der Waals surface area contributed by atoms with Gasteiger partial charge in [-0.25, -0.2) is 0 Å². The lowest BCUT2D eigenvalue weighted by atomic mass is 10.3. The van der Waals surface area contributed by atoms with E-state index in [1.807, 2.05) is 18.5 Å². The number of hydrogen-bond donors (Lipinski definition) is 3. The van der Waals surface area contributed by atoms with Crippen LogP contribution in [0.5, 0.6) is 0 Å². The fourth-order valence-electron chi connectivity index (χ4n) is 1.24. The van der Waals surface area contributed by atoms with Gasteiger partial charge in [0.2, 0.25) is 0 Å². The molecule has 1 heterocycles. The van der Waals surface area contributed by atoms with Crippen molar-refractivity contribution in [2.45, 2.75) is 19.4 Å². The molecule has 0 saturated heterocycles. The molecular formula is C8H16N6O. The summed E-state index contributed by atoms with van der Waals surface area (Å²) in [6.45, 7) is 2.61. The van der Waals surface area contributed by atoms with Crippen LogP contribution in [0.3, 0.4) is 0 Å². The third kappa shape index (κ3) is 3.21. The minimum Gasteiger partial charge on any atom is -0.409 e. The summed E-state index contributed by atoms with van der Waals surface area (Å²) in [5, 5.41) is 22.2. The number of oxime groups is 1. The first kappa shape index (κ1) is 11.4. The van der Waals surface area contributed by atoms with Gasteiger partial charge in [-0.1, -0.05) is 5.16 Å². The SMILES string of the molecule is CC(NCCC(N)=NO)c1nncn1C. The Balaban J connectivity index is 2.37. The van der Waals surface area contributed by atoms with Gasteiger partial charge in [0, 0.05) is 20.0 Å². The van der Waals surface area contributed by atoms with Crippen molar-refractivity contribution in [1.82, 2.24) is 20.1 Å². The Morgan fingerprint density at radius 1 is 1.80 bits per heavy atom. The lowest BCUT2D eigenvalue weighted by Crippen LogP contribution is -2.26. The van der Waals surface area contributed by atoms with E-state index in [9.17, 15) is 0 Å². The van der Waals surface area contributed by atoms with E-state index in [1.54, 1.807) is 6.33 Å². The Labute approximate surface area is 88.0 Å². The van der Waals surface area contributed by atoms with Crippen LogP contribution in [-0.2, 0) is 7.05 Å². The molecule has 1 rings (SSSR count). The van der Waals surface area contributed by atoms with E-state index in [4.69, 9.17) is 10.9 Å². The highest BCUT2D eigenvalue weighted by atomic mass is 16.4. The molecule has 1 aromatic rings. The van der Waals surface area contributed by atoms with Crippen LogP contribution < -0.4 is 11.1 Å². The first-order chi connectivity index (χ1) is 7.15. The number of nitrogens with two attached hydrogens (primary N) is 1. The van der Waals surface area contributed by atoms with Crippen molar-refractivity contribution in [1.29, 1.82) is 0 Å². The molecule has 0 radical (unpaired) electrons. The van der Waals surface area contributed by atoms with E-state index >= 15 is 0 Å². The smallest absolute Gasteiger partial charge is 0.149 e. The molecular weight excluding hydrogens is 196 g/mol. The first-order valence-electron chi connectivity index (χ1n) is 4.68. The van der Waals surface area contributed by atoms with Gasteiger partial charge in [-0.15, -0.1) is 10.2 Å². The highest BCUT2D eigenvalue weighted by Gasteiger charge is 2.09. The number of rotatable bonds is 5. The Morgan fingerprint density at radius 3 is 3.07 bits per heavy atom. The lowest BCUT2D eigenvalue weighted by Gasteiger charge is -2.12. The number of nitrogens with zero attached hydrogens (tertiary/aromatic N) is 4. The molecule has 15 heavy (non-hydrogen) atoms. The summed E-state index contributed by atoms with van der Waals surface area (Å²) in [6.07, 6.45) is 2.15. The molecule has 0 aliphatic rings. The van der Waals surface area contributed by atoms with Crippen molar-refractivity contribution in [2.75, 3.05) is 6.54 Å². The molecule has 1 aromatic heterocycles. The van der Waals surface area contributed by atoms with Crippen LogP contribution in [0.25, 0.3) is 0 Å². The molecule has 0 amide bonds. The average Bonchev–Trinajstić information content (AvgIpc) is 2.64. The number of hydrogen-bond acceptors (Lipinski definition) is 5. The second kappa shape index (κ2) is 5.30. The molecule has 0 spiro atoms. The van der Waals surface area contributed by atoms with E-state index in [0.29, 0.717) is 13.0 Å². The fourth-order valence-corrected chi connectivity index (χ4v) is 1.24. The van der Waals surface area contributed by atoms with Gasteiger partial charge in [-0.2, -0.15) is 0 Å². The quantitative estimate of drug-likeness (QED) is 0.267. The molecule has 0 bridgehead atoms. The highest BCUT2D eigenvalue weighted by molar-refractivity contribution is 5.79. The molecule has 7 nitrogen and oxygen atoms in total. The number of amidine groups is 1. The van der Waals surface area contributed by atoms with E-state index in [1.165, 1.54) is 0 Å². The van der Waals surface area contributed by atoms with E-state index < -0.39 is 0 Å². The molecule has 1 unspecified atom stereocenters. The third-order valence-electron chi connectivity index (χ3n) is 2.09. The van der Waals surface area contributed by atoms with Crippen molar-refractivity contribution in [2.24, 2.45) is 17.9 Å². The maximum Gasteiger partial charge on any atom is 0.149 e. The minimum atomic E-state index is 0.0870. The molecule has 0 saturated carbocycles. The molecule has 0 fully saturated rings. The molecule has 0 aliphatic carbocycles. The molecule has 4 N–H and O–H groups in total. The molecule has 84 valence electrons. The number of aryl methyl sites for hydroxylation is 1. The molecule has 7 heteroatoms. The maximum atomic E-state index is 8.34. The van der Waals surface area contributed by atoms with E-state index in [-0.39, 0.29) is 11.9 Å². The zero-order valence-electron chi connectivity index (χ0n) is 8.88. The van der Waals surface area contributed by atoms with Gasteiger partial charge < -0.3 is 20.8 Å². The zero-order chi connectivity index (χ0) is 11.3. The summed E-state index contributed by atoms with van der Waals surface area (Å²) in [7, 11) is 1.89. The highest BCUT2D eigenvalue weighted by Crippen LogP contribution is 2.06. The number of nitrogens with one attached hydrogen (secondary N) is 1. The average molecular weight is 212 g/mol. The maximum absolute atomic E-state index is 8.34. The normalized spacial score (nSPS) is 14.1. The summed E-state index contributed by atoms with van der Waals surface area (Å²) in [6, 6.07) is 0.0870. The second-order valence-electron chi connectivity index (χ2n) is 3.32. The van der Waals surface area contributed by atoms with Gasteiger partial charge in [0.25, 0.3) is 0 Å². The van der Waals surface area contributed by atoms with Crippen molar-refractivity contribution >= 4 is 5.84 Å². The first-order valence-corrected chi connectivity index (χ1v) is 4.68. The summed E-state index contributed by atoms with van der Waals surface area (Å²) in [4.78, 5) is 0. The third-order valence-corrected chi connectivity index (χ3v) is 2.09. The summed E-state index contributed by atoms with van der Waals surface area (Å²) >= 11 is 0. The van der Waals surface area contributed by atoms with Crippen LogP contribution in [0.15, 0.2) is 11.5 Å². The van der Waals surface area contributed by atoms with Gasteiger partial charge in [0.1, 0.15) is 18.0 Å². The van der Waals surface area contributed by atoms with Crippen LogP contribution in [0.1, 0.15) is 25.2 Å². The van der Waals surface area contributed by atoms with Crippen LogP contribution in [-0.4, -0.2) is 32.4 Å². The predicted molar refractivity (Wildman–Crippen MR) is 55.4 cm³/mol. The fraction of sp³-hybridized carbons (Fsp3) is 0.625. The molecule has 1 atom stereocenters. The lowest BCUT2D eigenvalue weighted by molar-refractivity contribution is 0.316. The Morgan fingerprint density at radius 2 is 2.53 bits per heavy atom. The number of aromatic nitrogens is 3. The van der Waals surface area contributed by atoms with Gasteiger partial charge in [-0.3, -0.25) is 0 Å². The van der Waals surface area contributed by atoms with Crippen molar-refractivity contribution in [3.05, 3.63) is 12.2 Å². The summed E-state index contributed by atoms with van der Waals surface area (Å²) in [5.74, 6) is 1.07. The van der Waals surface area contributed by atoms with Crippen LogP contribution >= 0.6 is 0 Å². The predicted octanol–water partition coefficient (Wildman–Crippen LogP) is -0.398. The van der Waals surface area contributed by atoms with Gasteiger partial charge in [0.05, 0.1) is 6.04 Å². The minimum absolute atomic E-state index is 0.0870. The molecule has 0 aliphatic heterocycles. The second-order valence-corrected chi connectivity index (χ2v) is 3.32. The Hall–Kier alpha value is -1.63. The van der Waals surface area contributed by atoms with E-state index in [0.717, 1.165) is 5.82 Å². The standard InChI is InChI=1S/C8H16N6O/c1-6(8-12-11-5-14(8)2)10-4-3-7(9)13-15/h5-6,10,15H,3-4H2,1-2H3,(H2,9,13). The summed E-state index contributed by atoms with van der Waals surface area (Å²) in [5.41, 5.74) is 5.33. The van der Waals surface area contributed by atoms with Crippen LogP contribution in [0, 0.1) is 0 Å². The largest absolute Gasteiger partial charge is 0.409 e. The van der Waals surface area contributed by atoms with Crippen molar-refractivity contribution in [3.8, 4) is 0 Å². The summed E-state index contributed by atoms with van der Waals surface area (Å²) < 4.78 is 1.85. The monoisotopic (exact) mass is 212 g/mol. The van der Waals surface area contributed by atoms with Crippen molar-refractivity contribution in [3.63, 3.8) is 0 Å². The van der Waals surface area contributed by atoms with Gasteiger partial charge in [-0.05, 0) is 6.92 Å². The van der Waals surface area contributed by atoms with Crippen LogP contribution in [0.4, 0.5) is 0 Å². The van der Waals surface area contributed by atoms with Crippen molar-refractivity contribution < 1.29 is 5.21 Å².